The van der Waals surface area contributed by atoms with E-state index < -0.39 is 10.0 Å². The summed E-state index contributed by atoms with van der Waals surface area (Å²) >= 11 is 0. The predicted octanol–water partition coefficient (Wildman–Crippen LogP) is 4.31. The van der Waals surface area contributed by atoms with Gasteiger partial charge in [0.15, 0.2) is 0 Å². The van der Waals surface area contributed by atoms with E-state index in [1.807, 2.05) is 18.2 Å². The van der Waals surface area contributed by atoms with E-state index in [-0.39, 0.29) is 16.8 Å². The highest BCUT2D eigenvalue weighted by Crippen LogP contribution is 2.21. The summed E-state index contributed by atoms with van der Waals surface area (Å²) in [6, 6.07) is 22.6. The molecule has 0 bridgehead atoms. The number of hydrogen-bond donors (Lipinski definition) is 2. The van der Waals surface area contributed by atoms with Gasteiger partial charge in [0.1, 0.15) is 5.75 Å². The number of rotatable bonds is 11. The summed E-state index contributed by atoms with van der Waals surface area (Å²) in [7, 11) is -2.24. The van der Waals surface area contributed by atoms with Gasteiger partial charge in [-0.3, -0.25) is 14.4 Å². The predicted molar refractivity (Wildman–Crippen MR) is 135 cm³/mol. The van der Waals surface area contributed by atoms with Crippen LogP contribution in [-0.2, 0) is 10.0 Å². The van der Waals surface area contributed by atoms with Crippen molar-refractivity contribution in [3.05, 3.63) is 90.0 Å². The highest BCUT2D eigenvalue weighted by Gasteiger charge is 2.20. The van der Waals surface area contributed by atoms with Crippen LogP contribution in [0.5, 0.6) is 5.75 Å². The highest BCUT2D eigenvalue weighted by atomic mass is 32.2. The number of anilines is 1. The minimum absolute atomic E-state index is 0.0495. The van der Waals surface area contributed by atoms with Gasteiger partial charge in [-0.15, -0.1) is 0 Å². The number of sulfonamides is 1. The number of methoxy groups -OCH3 is 1. The lowest BCUT2D eigenvalue weighted by atomic mass is 10.0. The maximum atomic E-state index is 12.8. The number of carbonyl (C=O) groups excluding carboxylic acids is 1. The monoisotopic (exact) mass is 481 g/mol. The lowest BCUT2D eigenvalue weighted by Crippen LogP contribution is -2.38. The zero-order chi connectivity index (χ0) is 24.6. The molecule has 0 fully saturated rings. The molecule has 1 unspecified atom stereocenters. The molecule has 8 heteroatoms. The molecule has 3 aromatic rings. The molecule has 34 heavy (non-hydrogen) atoms. The van der Waals surface area contributed by atoms with Crippen molar-refractivity contribution in [3.63, 3.8) is 0 Å². The van der Waals surface area contributed by atoms with Crippen molar-refractivity contribution in [1.29, 1.82) is 0 Å². The zero-order valence-corrected chi connectivity index (χ0v) is 20.5. The van der Waals surface area contributed by atoms with Crippen molar-refractivity contribution in [3.8, 4) is 5.75 Å². The Labute approximate surface area is 201 Å². The van der Waals surface area contributed by atoms with E-state index in [1.54, 1.807) is 31.4 Å². The smallest absolute Gasteiger partial charge is 0.261 e. The van der Waals surface area contributed by atoms with Crippen molar-refractivity contribution in [2.75, 3.05) is 31.5 Å². The number of benzene rings is 3. The van der Waals surface area contributed by atoms with Crippen LogP contribution in [0.25, 0.3) is 0 Å². The molecule has 1 amide bonds. The molecule has 3 rings (SSSR count). The quantitative estimate of drug-likeness (QED) is 0.426. The summed E-state index contributed by atoms with van der Waals surface area (Å²) in [5.41, 5.74) is 1.96. The standard InChI is InChI=1S/C26H31N3O4S/c1-4-29(5-2)25(20-9-7-6-8-10-20)19-27-26(30)21-11-17-24(18-12-21)34(31,32)28-22-13-15-23(33-3)16-14-22/h6-18,25,28H,4-5,19H2,1-3H3,(H,27,30). The van der Waals surface area contributed by atoms with Gasteiger partial charge in [-0.25, -0.2) is 8.42 Å². The molecule has 0 aliphatic heterocycles. The van der Waals surface area contributed by atoms with Crippen LogP contribution in [0, 0.1) is 0 Å². The van der Waals surface area contributed by atoms with Crippen molar-refractivity contribution in [2.24, 2.45) is 0 Å². The molecule has 0 saturated heterocycles. The summed E-state index contributed by atoms with van der Waals surface area (Å²) in [6.07, 6.45) is 0. The van der Waals surface area contributed by atoms with Gasteiger partial charge in [0.05, 0.1) is 18.0 Å². The Morgan fingerprint density at radius 3 is 2.09 bits per heavy atom. The second kappa shape index (κ2) is 11.7. The molecule has 0 aliphatic rings. The number of nitrogens with zero attached hydrogens (tertiary/aromatic N) is 1. The Morgan fingerprint density at radius 2 is 1.53 bits per heavy atom. The summed E-state index contributed by atoms with van der Waals surface area (Å²) in [4.78, 5) is 15.1. The van der Waals surface area contributed by atoms with Crippen molar-refractivity contribution < 1.29 is 17.9 Å². The number of hydrogen-bond acceptors (Lipinski definition) is 5. The van der Waals surface area contributed by atoms with Crippen LogP contribution >= 0.6 is 0 Å². The molecular weight excluding hydrogens is 450 g/mol. The largest absolute Gasteiger partial charge is 0.497 e. The van der Waals surface area contributed by atoms with Gasteiger partial charge in [0, 0.05) is 17.8 Å². The minimum Gasteiger partial charge on any atom is -0.497 e. The molecule has 0 aliphatic carbocycles. The maximum Gasteiger partial charge on any atom is 0.261 e. The Hall–Kier alpha value is -3.36. The van der Waals surface area contributed by atoms with Crippen LogP contribution < -0.4 is 14.8 Å². The molecule has 0 radical (unpaired) electrons. The average Bonchev–Trinajstić information content (AvgIpc) is 2.87. The molecule has 0 aromatic heterocycles. The van der Waals surface area contributed by atoms with Crippen LogP contribution in [0.3, 0.4) is 0 Å². The van der Waals surface area contributed by atoms with E-state index in [4.69, 9.17) is 4.74 Å². The SMILES string of the molecule is CCN(CC)C(CNC(=O)c1ccc(S(=O)(=O)Nc2ccc(OC)cc2)cc1)c1ccccc1. The topological polar surface area (TPSA) is 87.7 Å². The molecule has 1 atom stereocenters. The first kappa shape index (κ1) is 25.3. The van der Waals surface area contributed by atoms with E-state index >= 15 is 0 Å². The normalized spacial score (nSPS) is 12.2. The van der Waals surface area contributed by atoms with Gasteiger partial charge in [-0.05, 0) is 67.2 Å². The molecule has 0 heterocycles. The molecule has 180 valence electrons. The Kier molecular flexibility index (Phi) is 8.67. The fraction of sp³-hybridized carbons (Fsp3) is 0.269. The van der Waals surface area contributed by atoms with Crippen LogP contribution in [0.2, 0.25) is 0 Å². The van der Waals surface area contributed by atoms with Crippen LogP contribution in [0.15, 0.2) is 83.8 Å². The molecule has 7 nitrogen and oxygen atoms in total. The first-order chi connectivity index (χ1) is 16.4. The number of ether oxygens (including phenoxy) is 1. The number of nitrogens with one attached hydrogen (secondary N) is 2. The van der Waals surface area contributed by atoms with Gasteiger partial charge in [-0.2, -0.15) is 0 Å². The summed E-state index contributed by atoms with van der Waals surface area (Å²) in [6.45, 7) is 6.36. The fourth-order valence-electron chi connectivity index (χ4n) is 3.75. The van der Waals surface area contributed by atoms with Crippen molar-refractivity contribution in [1.82, 2.24) is 10.2 Å². The van der Waals surface area contributed by atoms with Gasteiger partial charge in [0.25, 0.3) is 15.9 Å². The molecule has 2 N–H and O–H groups in total. The Morgan fingerprint density at radius 1 is 0.912 bits per heavy atom. The second-order valence-electron chi connectivity index (χ2n) is 7.72. The maximum absolute atomic E-state index is 12.8. The van der Waals surface area contributed by atoms with Crippen LogP contribution in [0.1, 0.15) is 35.8 Å². The molecule has 0 saturated carbocycles. The summed E-state index contributed by atoms with van der Waals surface area (Å²) < 4.78 is 33.0. The lowest BCUT2D eigenvalue weighted by Gasteiger charge is -2.30. The second-order valence-corrected chi connectivity index (χ2v) is 9.40. The Balaban J connectivity index is 1.67. The third kappa shape index (κ3) is 6.36. The number of carbonyl (C=O) groups is 1. The molecule has 0 spiro atoms. The van der Waals surface area contributed by atoms with Crippen molar-refractivity contribution >= 4 is 21.6 Å². The Bertz CT molecular complexity index is 1160. The van der Waals surface area contributed by atoms with Crippen LogP contribution in [0.4, 0.5) is 5.69 Å². The first-order valence-corrected chi connectivity index (χ1v) is 12.7. The van der Waals surface area contributed by atoms with Gasteiger partial charge in [0.2, 0.25) is 0 Å². The number of amides is 1. The lowest BCUT2D eigenvalue weighted by molar-refractivity contribution is 0.0935. The van der Waals surface area contributed by atoms with Gasteiger partial charge < -0.3 is 10.1 Å². The van der Waals surface area contributed by atoms with Crippen LogP contribution in [-0.4, -0.2) is 46.0 Å². The van der Waals surface area contributed by atoms with E-state index in [0.717, 1.165) is 18.7 Å². The van der Waals surface area contributed by atoms with E-state index in [2.05, 4.69) is 40.9 Å². The zero-order valence-electron chi connectivity index (χ0n) is 19.7. The third-order valence-corrected chi connectivity index (χ3v) is 7.06. The first-order valence-electron chi connectivity index (χ1n) is 11.2. The minimum atomic E-state index is -3.78. The summed E-state index contributed by atoms with van der Waals surface area (Å²) in [5.74, 6) is 0.383. The summed E-state index contributed by atoms with van der Waals surface area (Å²) in [5, 5.41) is 3.00. The molecular formula is C26H31N3O4S. The van der Waals surface area contributed by atoms with E-state index in [9.17, 15) is 13.2 Å². The van der Waals surface area contributed by atoms with Gasteiger partial charge >= 0.3 is 0 Å². The number of likely N-dealkylation sites (N-methyl/N-ethyl adjacent to an activating group) is 1. The van der Waals surface area contributed by atoms with E-state index in [1.165, 1.54) is 24.3 Å². The third-order valence-electron chi connectivity index (χ3n) is 5.66. The van der Waals surface area contributed by atoms with Gasteiger partial charge in [-0.1, -0.05) is 44.2 Å². The van der Waals surface area contributed by atoms with Crippen molar-refractivity contribution in [2.45, 2.75) is 24.8 Å². The highest BCUT2D eigenvalue weighted by molar-refractivity contribution is 7.92. The average molecular weight is 482 g/mol. The molecule has 3 aromatic carbocycles. The fourth-order valence-corrected chi connectivity index (χ4v) is 4.81. The van der Waals surface area contributed by atoms with E-state index in [0.29, 0.717) is 23.5 Å².